The molecule has 0 atom stereocenters. The van der Waals surface area contributed by atoms with E-state index in [0.29, 0.717) is 0 Å². The topological polar surface area (TPSA) is 114 Å². The maximum absolute atomic E-state index is 7.00. The molecule has 2 aromatic rings. The second-order valence-electron chi connectivity index (χ2n) is 8.96. The number of aliphatic hydroxyl groups excluding tert-OH is 1. The van der Waals surface area contributed by atoms with Gasteiger partial charge in [-0.3, -0.25) is 9.80 Å². The first kappa shape index (κ1) is 34.1. The van der Waals surface area contributed by atoms with E-state index in [0.717, 1.165) is 88.2 Å². The molecule has 0 radical (unpaired) electrons. The van der Waals surface area contributed by atoms with Crippen molar-refractivity contribution in [2.45, 2.75) is 73.9 Å². The van der Waals surface area contributed by atoms with Crippen LogP contribution < -0.4 is 4.90 Å². The van der Waals surface area contributed by atoms with Crippen LogP contribution in [0.4, 0.5) is 5.82 Å². The number of hydrogen-bond donors (Lipinski definition) is 1. The first-order chi connectivity index (χ1) is 16.9. The van der Waals surface area contributed by atoms with Crippen LogP contribution in [0.1, 0.15) is 66.5 Å². The summed E-state index contributed by atoms with van der Waals surface area (Å²) < 4.78 is 7.67. The number of nitrogens with zero attached hydrogens (tertiary/aromatic N) is 7. The first-order valence-electron chi connectivity index (χ1n) is 13.3. The van der Waals surface area contributed by atoms with E-state index in [2.05, 4.69) is 47.1 Å². The monoisotopic (exact) mass is 511 g/mol. The van der Waals surface area contributed by atoms with Crippen molar-refractivity contribution < 1.29 is 15.3 Å². The Morgan fingerprint density at radius 2 is 1.56 bits per heavy atom. The average Bonchev–Trinajstić information content (AvgIpc) is 3.19. The van der Waals surface area contributed by atoms with E-state index in [-0.39, 0.29) is 11.0 Å². The SMILES string of the molecule is CC.CC.CCCN1CCN(Cc2nc3c(N4CCOCC4)nc(C)nc3n2C)CC1(C)C.CO.O. The molecule has 2 aromatic heterocycles. The van der Waals surface area contributed by atoms with Crippen molar-refractivity contribution in [2.24, 2.45) is 7.05 Å². The Balaban J connectivity index is 0.00000163. The van der Waals surface area contributed by atoms with Crippen molar-refractivity contribution in [3.05, 3.63) is 11.6 Å². The molecule has 2 fully saturated rings. The van der Waals surface area contributed by atoms with Gasteiger partial charge in [0.25, 0.3) is 0 Å². The quantitative estimate of drug-likeness (QED) is 0.652. The molecular formula is C26H53N7O3. The predicted molar refractivity (Wildman–Crippen MR) is 150 cm³/mol. The molecule has 10 heteroatoms. The lowest BCUT2D eigenvalue weighted by atomic mass is 9.98. The molecule has 3 N–H and O–H groups in total. The van der Waals surface area contributed by atoms with Crippen molar-refractivity contribution in [3.8, 4) is 0 Å². The van der Waals surface area contributed by atoms with Gasteiger partial charge in [-0.25, -0.2) is 15.0 Å². The number of aromatic nitrogens is 4. The van der Waals surface area contributed by atoms with Crippen LogP contribution in [0.2, 0.25) is 0 Å². The minimum absolute atomic E-state index is 0. The predicted octanol–water partition coefficient (Wildman–Crippen LogP) is 2.65. The lowest BCUT2D eigenvalue weighted by molar-refractivity contribution is 0.0150. The van der Waals surface area contributed by atoms with Crippen LogP contribution >= 0.6 is 0 Å². The largest absolute Gasteiger partial charge is 0.412 e. The summed E-state index contributed by atoms with van der Waals surface area (Å²) in [6.07, 6.45) is 1.20. The Hall–Kier alpha value is -1.85. The minimum atomic E-state index is 0. The third kappa shape index (κ3) is 8.34. The van der Waals surface area contributed by atoms with Crippen LogP contribution in [-0.2, 0) is 18.3 Å². The maximum Gasteiger partial charge on any atom is 0.165 e. The maximum atomic E-state index is 7.00. The average molecular weight is 512 g/mol. The Bertz CT molecular complexity index is 867. The molecule has 10 nitrogen and oxygen atoms in total. The summed E-state index contributed by atoms with van der Waals surface area (Å²) in [6.45, 7) is 25.4. The standard InChI is InChI=1S/C21H35N7O.2C2H6.CH4O.H2O/c1-6-7-28-9-8-26(15-21(28,3)4)14-17-24-18-19(25(17)5)22-16(2)23-20(18)27-10-12-29-13-11-27;3*1-2;/h6-15H2,1-5H3;2*1-2H3;2H,1H3;1H2. The van der Waals surface area contributed by atoms with Crippen LogP contribution in [0.3, 0.4) is 0 Å². The number of hydrogen-bond acceptors (Lipinski definition) is 8. The first-order valence-corrected chi connectivity index (χ1v) is 13.3. The molecule has 0 unspecified atom stereocenters. The van der Waals surface area contributed by atoms with E-state index in [1.54, 1.807) is 0 Å². The van der Waals surface area contributed by atoms with Crippen LogP contribution in [-0.4, -0.2) is 105 Å². The number of imidazole rings is 1. The van der Waals surface area contributed by atoms with Gasteiger partial charge in [-0.05, 0) is 33.7 Å². The normalized spacial score (nSPS) is 17.6. The molecule has 2 saturated heterocycles. The number of morpholine rings is 1. The second kappa shape index (κ2) is 16.8. The zero-order chi connectivity index (χ0) is 26.6. The number of anilines is 1. The molecular weight excluding hydrogens is 458 g/mol. The molecule has 2 aliphatic heterocycles. The fourth-order valence-corrected chi connectivity index (χ4v) is 4.65. The van der Waals surface area contributed by atoms with Gasteiger partial charge >= 0.3 is 0 Å². The summed E-state index contributed by atoms with van der Waals surface area (Å²) in [7, 11) is 3.08. The van der Waals surface area contributed by atoms with E-state index in [1.165, 1.54) is 13.0 Å². The highest BCUT2D eigenvalue weighted by Gasteiger charge is 2.33. The van der Waals surface area contributed by atoms with Crippen molar-refractivity contribution in [1.82, 2.24) is 29.3 Å². The van der Waals surface area contributed by atoms with Gasteiger partial charge in [0.1, 0.15) is 11.6 Å². The van der Waals surface area contributed by atoms with Gasteiger partial charge in [0.05, 0.1) is 19.8 Å². The van der Waals surface area contributed by atoms with Crippen molar-refractivity contribution in [3.63, 3.8) is 0 Å². The van der Waals surface area contributed by atoms with E-state index in [9.17, 15) is 0 Å². The molecule has 0 spiro atoms. The van der Waals surface area contributed by atoms with Crippen molar-refractivity contribution in [1.29, 1.82) is 0 Å². The summed E-state index contributed by atoms with van der Waals surface area (Å²) in [5, 5.41) is 7.00. The zero-order valence-corrected chi connectivity index (χ0v) is 24.6. The molecule has 4 heterocycles. The number of ether oxygens (including phenoxy) is 1. The Morgan fingerprint density at radius 3 is 2.11 bits per heavy atom. The number of aryl methyl sites for hydroxylation is 2. The molecule has 36 heavy (non-hydrogen) atoms. The molecule has 0 bridgehead atoms. The Kier molecular flexibility index (Phi) is 15.9. The molecule has 0 amide bonds. The molecule has 2 aliphatic rings. The highest BCUT2D eigenvalue weighted by atomic mass is 16.5. The zero-order valence-electron chi connectivity index (χ0n) is 24.6. The number of piperazine rings is 1. The van der Waals surface area contributed by atoms with Gasteiger partial charge in [0, 0.05) is 52.4 Å². The van der Waals surface area contributed by atoms with Gasteiger partial charge < -0.3 is 24.8 Å². The van der Waals surface area contributed by atoms with Gasteiger partial charge in [-0.2, -0.15) is 0 Å². The van der Waals surface area contributed by atoms with Crippen LogP contribution in [0.25, 0.3) is 11.2 Å². The highest BCUT2D eigenvalue weighted by molar-refractivity contribution is 5.84. The third-order valence-electron chi connectivity index (χ3n) is 6.23. The molecule has 0 aliphatic carbocycles. The minimum Gasteiger partial charge on any atom is -0.412 e. The molecule has 210 valence electrons. The fourth-order valence-electron chi connectivity index (χ4n) is 4.65. The van der Waals surface area contributed by atoms with Gasteiger partial charge in [0.2, 0.25) is 0 Å². The van der Waals surface area contributed by atoms with Crippen LogP contribution in [0.15, 0.2) is 0 Å². The molecule has 4 rings (SSSR count). The summed E-state index contributed by atoms with van der Waals surface area (Å²) in [5.41, 5.74) is 2.03. The van der Waals surface area contributed by atoms with E-state index < -0.39 is 0 Å². The van der Waals surface area contributed by atoms with Gasteiger partial charge in [0.15, 0.2) is 17.0 Å². The van der Waals surface area contributed by atoms with Crippen molar-refractivity contribution >= 4 is 17.0 Å². The number of rotatable bonds is 5. The summed E-state index contributed by atoms with van der Waals surface area (Å²) in [5.74, 6) is 2.81. The fraction of sp³-hybridized carbons (Fsp3) is 0.808. The van der Waals surface area contributed by atoms with Crippen LogP contribution in [0.5, 0.6) is 0 Å². The lowest BCUT2D eigenvalue weighted by Gasteiger charge is -2.47. The number of fused-ring (bicyclic) bond motifs is 1. The lowest BCUT2D eigenvalue weighted by Crippen LogP contribution is -2.59. The highest BCUT2D eigenvalue weighted by Crippen LogP contribution is 2.27. The van der Waals surface area contributed by atoms with Gasteiger partial charge in [-0.1, -0.05) is 34.6 Å². The second-order valence-corrected chi connectivity index (χ2v) is 8.96. The third-order valence-corrected chi connectivity index (χ3v) is 6.23. The van der Waals surface area contributed by atoms with E-state index in [1.807, 2.05) is 34.6 Å². The summed E-state index contributed by atoms with van der Waals surface area (Å²) in [6, 6.07) is 0. The Morgan fingerprint density at radius 1 is 0.944 bits per heavy atom. The molecule has 0 aromatic carbocycles. The Labute approximate surface area is 219 Å². The van der Waals surface area contributed by atoms with Crippen molar-refractivity contribution in [2.75, 3.05) is 64.5 Å². The number of aliphatic hydroxyl groups is 1. The summed E-state index contributed by atoms with van der Waals surface area (Å²) in [4.78, 5) is 21.9. The van der Waals surface area contributed by atoms with E-state index >= 15 is 0 Å². The summed E-state index contributed by atoms with van der Waals surface area (Å²) >= 11 is 0. The van der Waals surface area contributed by atoms with Gasteiger partial charge in [-0.15, -0.1) is 0 Å². The smallest absolute Gasteiger partial charge is 0.165 e. The van der Waals surface area contributed by atoms with E-state index in [4.69, 9.17) is 24.8 Å². The van der Waals surface area contributed by atoms with Crippen LogP contribution in [0, 0.1) is 6.92 Å². The molecule has 0 saturated carbocycles.